The molecule has 1 heterocycles. The van der Waals surface area contributed by atoms with Gasteiger partial charge < -0.3 is 4.74 Å². The Morgan fingerprint density at radius 3 is 0.576 bits per heavy atom. The second-order valence-corrected chi connectivity index (χ2v) is 33.6. The molecule has 21 aromatic carbocycles. The van der Waals surface area contributed by atoms with Crippen molar-refractivity contribution in [2.24, 2.45) is 0 Å². The molecule has 394 valence electrons. The summed E-state index contributed by atoms with van der Waals surface area (Å²) in [6.07, 6.45) is 0. The van der Waals surface area contributed by atoms with Crippen molar-refractivity contribution < 1.29 is 43.8 Å². The van der Waals surface area contributed by atoms with Gasteiger partial charge in [-0.15, -0.1) is 0 Å². The molecule has 0 saturated carbocycles. The highest BCUT2D eigenvalue weighted by Crippen LogP contribution is 2.96. The van der Waals surface area contributed by atoms with Crippen LogP contribution in [-0.4, -0.2) is 28.0 Å². The Balaban J connectivity index is 1.05. The molecule has 9 heteroatoms. The van der Waals surface area contributed by atoms with E-state index in [1.807, 2.05) is 0 Å². The van der Waals surface area contributed by atoms with E-state index in [2.05, 4.69) is 83.1 Å². The van der Waals surface area contributed by atoms with Crippen LogP contribution in [0, 0.1) is 0 Å². The minimum atomic E-state index is -1.38. The van der Waals surface area contributed by atoms with E-state index in [1.54, 1.807) is 0 Å². The van der Waals surface area contributed by atoms with Gasteiger partial charge in [-0.3, -0.25) is 0 Å². The molecule has 0 radical (unpaired) electrons. The Kier molecular flexibility index (Phi) is 3.98. The Morgan fingerprint density at radius 1 is 0.200 bits per heavy atom. The zero-order valence-electron chi connectivity index (χ0n) is 47.7. The maximum Gasteiger partial charge on any atom is 0.181 e. The quantitative estimate of drug-likeness (QED) is 0.0639. The molecule has 12 aliphatic rings. The van der Waals surface area contributed by atoms with E-state index >= 15 is 0 Å². The van der Waals surface area contributed by atoms with Gasteiger partial charge in [-0.1, -0.05) is 0 Å². The molecule has 33 rings (SSSR count). The SMILES string of the molecule is CC(C)(C)OO[C@]12C3=C4C5=C6C37OC73c7c1c1c8c2c2c9c%10c(c%11c%12c%13c(c%14c%15c%16c(c3c3c7c7c1c1c%17c8c9c8c9c%10c%12c%10c%12c%13c%15c%13c%15c%16c3c3c7c1c1c(c3%15)c(c%13%12)c(c9%10)c1c%178)[C@@]6%14OOC(C)(C)C)[C@@]5%11OOC(C)(C)C)[C@@]42OOC(C)(C)C. The average Bonchev–Trinajstić information content (AvgIpc) is 1.36. The summed E-state index contributed by atoms with van der Waals surface area (Å²) in [6.45, 7) is 25.6. The zero-order valence-corrected chi connectivity index (χ0v) is 47.7. The monoisotopic (exact) mass is 1090 g/mol. The summed E-state index contributed by atoms with van der Waals surface area (Å²) in [7, 11) is 0. The van der Waals surface area contributed by atoms with E-state index in [0.29, 0.717) is 0 Å². The maximum absolute atomic E-state index is 8.77. The topological polar surface area (TPSA) is 86.4 Å². The van der Waals surface area contributed by atoms with E-state index in [4.69, 9.17) is 43.8 Å². The van der Waals surface area contributed by atoms with Gasteiger partial charge in [0.25, 0.3) is 0 Å². The van der Waals surface area contributed by atoms with Gasteiger partial charge in [0.2, 0.25) is 0 Å². The van der Waals surface area contributed by atoms with Crippen molar-refractivity contribution in [2.45, 2.75) is 139 Å². The molecule has 0 amide bonds. The Labute approximate surface area is 473 Å². The molecule has 1 fully saturated rings. The van der Waals surface area contributed by atoms with Crippen LogP contribution in [-0.2, 0) is 71.8 Å². The standard InChI is InChI=1S/C76H36O9/c1-67(2,3)78-82-71-53-43-33-23-18-13-14-16-17-15(13)20-26-24(18)34(33)44-46-36(26)38-28(20)30-22(17)32-31-21(16)29-27-19(14)25(23)35-37(27)47-49-39(29)41(31)51-52-42(32)40(30)50-48(38)58-56(46)72(54(44)53,83-79-68(4,5)6)64-63(71)65-73(84-80-69(7,8)9,57(47)55(71)45(35)43)59(49)61(51)75-62(52)60(50)74(58,85-81-70(10,11)12)66(64)76(65,75)77-75/h1-12H3/t71-,72+,73-,74+,75?,76?. The van der Waals surface area contributed by atoms with E-state index < -0.39 is 56.0 Å². The molecule has 2 spiro atoms. The molecule has 9 nitrogen and oxygen atoms in total. The van der Waals surface area contributed by atoms with E-state index in [0.717, 1.165) is 55.7 Å². The Morgan fingerprint density at radius 2 is 0.365 bits per heavy atom. The third kappa shape index (κ3) is 2.40. The molecular weight excluding hydrogens is 1060 g/mol. The van der Waals surface area contributed by atoms with E-state index in [1.165, 1.54) is 238 Å². The number of hydrogen-bond donors (Lipinski definition) is 0. The molecular formula is C76H36O9. The number of epoxide rings is 1. The van der Waals surface area contributed by atoms with Gasteiger partial charge in [-0.25, -0.2) is 39.1 Å². The second kappa shape index (κ2) is 8.76. The van der Waals surface area contributed by atoms with Crippen molar-refractivity contribution in [1.82, 2.24) is 0 Å². The lowest BCUT2D eigenvalue weighted by Gasteiger charge is -2.53. The zero-order chi connectivity index (χ0) is 54.5. The highest BCUT2D eigenvalue weighted by atomic mass is 17.2. The van der Waals surface area contributed by atoms with Gasteiger partial charge in [0, 0.05) is 77.9 Å². The summed E-state index contributed by atoms with van der Waals surface area (Å²) in [5.74, 6) is 0. The van der Waals surface area contributed by atoms with Crippen molar-refractivity contribution >= 4 is 215 Å². The molecule has 6 atom stereocenters. The molecule has 1 saturated heterocycles. The fraction of sp³-hybridized carbons (Fsp3) is 0.289. The van der Waals surface area contributed by atoms with Crippen LogP contribution in [0.15, 0.2) is 22.3 Å². The minimum Gasteiger partial charge on any atom is -0.342 e. The second-order valence-electron chi connectivity index (χ2n) is 33.6. The Hall–Kier alpha value is -7.38. The van der Waals surface area contributed by atoms with Crippen LogP contribution < -0.4 is 0 Å². The van der Waals surface area contributed by atoms with Crippen LogP contribution >= 0.6 is 0 Å². The lowest BCUT2D eigenvalue weighted by Crippen LogP contribution is -2.55. The average molecular weight is 1090 g/mol. The van der Waals surface area contributed by atoms with Crippen molar-refractivity contribution in [2.75, 3.05) is 0 Å². The Bertz CT molecular complexity index is 6960. The molecule has 85 heavy (non-hydrogen) atoms. The van der Waals surface area contributed by atoms with Crippen LogP contribution in [0.4, 0.5) is 0 Å². The van der Waals surface area contributed by atoms with Gasteiger partial charge in [-0.05, 0) is 299 Å². The largest absolute Gasteiger partial charge is 0.342 e. The first-order valence-electron chi connectivity index (χ1n) is 31.2. The van der Waals surface area contributed by atoms with Gasteiger partial charge >= 0.3 is 0 Å². The first-order valence-corrected chi connectivity index (χ1v) is 31.2. The maximum atomic E-state index is 8.77. The van der Waals surface area contributed by atoms with Crippen molar-refractivity contribution in [1.29, 1.82) is 0 Å². The van der Waals surface area contributed by atoms with Crippen molar-refractivity contribution in [3.63, 3.8) is 0 Å². The molecule has 21 aromatic rings. The smallest absolute Gasteiger partial charge is 0.181 e. The normalized spacial score (nSPS) is 29.9. The summed E-state index contributed by atoms with van der Waals surface area (Å²) in [5.41, 5.74) is 5.15. The third-order valence-electron chi connectivity index (χ3n) is 26.3. The molecule has 0 N–H and O–H groups in total. The van der Waals surface area contributed by atoms with Crippen molar-refractivity contribution in [3.8, 4) is 0 Å². The lowest BCUT2D eigenvalue weighted by atomic mass is 9.54. The molecule has 11 aliphatic carbocycles. The first kappa shape index (κ1) is 38.6. The highest BCUT2D eigenvalue weighted by Gasteiger charge is 2.96. The fourth-order valence-electron chi connectivity index (χ4n) is 26.0. The minimum absolute atomic E-state index is 0.727. The lowest BCUT2D eigenvalue weighted by molar-refractivity contribution is -0.408. The number of benzene rings is 15. The molecule has 0 aromatic heterocycles. The molecule has 0 bridgehead atoms. The van der Waals surface area contributed by atoms with Crippen LogP contribution in [0.3, 0.4) is 0 Å². The van der Waals surface area contributed by atoms with E-state index in [-0.39, 0.29) is 0 Å². The number of rotatable bonds is 8. The number of ether oxygens (including phenoxy) is 1. The number of hydrogen-bond acceptors (Lipinski definition) is 9. The first-order chi connectivity index (χ1) is 40.7. The summed E-state index contributed by atoms with van der Waals surface area (Å²) in [4.78, 5) is 62.3. The van der Waals surface area contributed by atoms with Gasteiger partial charge in [0.15, 0.2) is 33.6 Å². The highest BCUT2D eigenvalue weighted by molar-refractivity contribution is 6.77. The van der Waals surface area contributed by atoms with Gasteiger partial charge in [0.1, 0.15) is 0 Å². The van der Waals surface area contributed by atoms with Crippen LogP contribution in [0.2, 0.25) is 0 Å². The van der Waals surface area contributed by atoms with Crippen molar-refractivity contribution in [3.05, 3.63) is 77.9 Å². The molecule has 2 unspecified atom stereocenters. The molecule has 1 aliphatic heterocycles. The summed E-state index contributed by atoms with van der Waals surface area (Å²) in [5, 5.41) is 56.2. The summed E-state index contributed by atoms with van der Waals surface area (Å²) >= 11 is 0. The van der Waals surface area contributed by atoms with Crippen LogP contribution in [0.25, 0.3) is 215 Å². The van der Waals surface area contributed by atoms with Crippen LogP contribution in [0.5, 0.6) is 0 Å². The predicted octanol–water partition coefficient (Wildman–Crippen LogP) is 17.8. The third-order valence-corrected chi connectivity index (χ3v) is 26.3. The van der Waals surface area contributed by atoms with E-state index in [9.17, 15) is 0 Å². The van der Waals surface area contributed by atoms with Gasteiger partial charge in [0.05, 0.1) is 22.4 Å². The summed E-state index contributed by atoms with van der Waals surface area (Å²) in [6, 6.07) is 0. The van der Waals surface area contributed by atoms with Gasteiger partial charge in [-0.2, -0.15) is 0 Å². The fourth-order valence-corrected chi connectivity index (χ4v) is 26.0. The predicted molar refractivity (Wildman–Crippen MR) is 327 cm³/mol. The summed E-state index contributed by atoms with van der Waals surface area (Å²) < 4.78 is 8.77. The van der Waals surface area contributed by atoms with Crippen LogP contribution in [0.1, 0.15) is 139 Å².